The monoisotopic (exact) mass is 826 g/mol. The Hall–Kier alpha value is -2.27. The molecule has 59 heavy (non-hydrogen) atoms. The van der Waals surface area contributed by atoms with Crippen LogP contribution in [0.15, 0.2) is 0 Å². The van der Waals surface area contributed by atoms with Crippen LogP contribution in [0.5, 0.6) is 0 Å². The van der Waals surface area contributed by atoms with Gasteiger partial charge >= 0.3 is 23.1 Å². The maximum atomic E-state index is 13.6. The first kappa shape index (κ1) is 46.2. The summed E-state index contributed by atoms with van der Waals surface area (Å²) in [6.45, 7) is 12.6. The van der Waals surface area contributed by atoms with Gasteiger partial charge in [-0.2, -0.15) is 0 Å². The van der Waals surface area contributed by atoms with Crippen LogP contribution in [-0.2, 0) is 38.4 Å². The predicted molar refractivity (Wildman–Crippen MR) is 215 cm³/mol. The molecule has 0 aromatic carbocycles. The van der Waals surface area contributed by atoms with E-state index in [0.717, 1.165) is 38.5 Å². The largest absolute Gasteiger partial charge is 2.00 e. The summed E-state index contributed by atoms with van der Waals surface area (Å²) in [5, 5.41) is 21.8. The van der Waals surface area contributed by atoms with Crippen molar-refractivity contribution >= 4 is 69.7 Å². The number of fused-ring (bicyclic) bond motifs is 10. The minimum Gasteiger partial charge on any atom is -0.550 e. The summed E-state index contributed by atoms with van der Waals surface area (Å²) in [7, 11) is 0. The van der Waals surface area contributed by atoms with E-state index in [4.69, 9.17) is 0 Å². The zero-order valence-electron chi connectivity index (χ0n) is 36.4. The molecule has 8 aliphatic carbocycles. The topological polar surface area (TPSA) is 183 Å². The number of aliphatic carboxylic acids is 2. The van der Waals surface area contributed by atoms with Crippen molar-refractivity contribution in [2.45, 2.75) is 157 Å². The van der Waals surface area contributed by atoms with Crippen molar-refractivity contribution in [1.29, 1.82) is 0 Å². The number of Topliss-reactive ketones (excluding diaryl/α,β-unsaturated/α-hetero) is 6. The van der Waals surface area contributed by atoms with Crippen molar-refractivity contribution in [2.24, 2.45) is 92.7 Å². The molecule has 10 nitrogen and oxygen atoms in total. The summed E-state index contributed by atoms with van der Waals surface area (Å²) in [4.78, 5) is 99.7. The van der Waals surface area contributed by atoms with Gasteiger partial charge in [-0.15, -0.1) is 0 Å². The zero-order valence-corrected chi connectivity index (χ0v) is 37.9. The number of carboxylic acids is 2. The number of carbonyl (C=O) groups excluding carboxylic acids is 8. The van der Waals surface area contributed by atoms with Gasteiger partial charge in [-0.3, -0.25) is 28.8 Å². The number of carbonyl (C=O) groups is 8. The Labute approximate surface area is 366 Å². The molecule has 0 N–H and O–H groups in total. The van der Waals surface area contributed by atoms with E-state index in [1.807, 2.05) is 13.8 Å². The van der Waals surface area contributed by atoms with Gasteiger partial charge in [0.15, 0.2) is 0 Å². The molecule has 0 aliphatic heterocycles. The summed E-state index contributed by atoms with van der Waals surface area (Å²) in [5.74, 6) is 0.261. The first-order valence-corrected chi connectivity index (χ1v) is 22.7. The van der Waals surface area contributed by atoms with Gasteiger partial charge in [-0.25, -0.2) is 0 Å². The molecule has 16 atom stereocenters. The molecule has 320 valence electrons. The second-order valence-electron chi connectivity index (χ2n) is 21.7. The van der Waals surface area contributed by atoms with E-state index in [-0.39, 0.29) is 152 Å². The third-order valence-corrected chi connectivity index (χ3v) is 19.4. The van der Waals surface area contributed by atoms with E-state index in [0.29, 0.717) is 64.2 Å². The first-order valence-electron chi connectivity index (χ1n) is 22.7. The van der Waals surface area contributed by atoms with E-state index < -0.39 is 22.8 Å². The van der Waals surface area contributed by atoms with Crippen LogP contribution in [0.2, 0.25) is 0 Å². The van der Waals surface area contributed by atoms with E-state index in [9.17, 15) is 48.6 Å². The molecule has 8 saturated carbocycles. The molecule has 0 bridgehead atoms. The number of carboxylic acid groups (broad SMARTS) is 2. The Kier molecular flexibility index (Phi) is 13.2. The molecule has 8 fully saturated rings. The molecule has 8 aliphatic rings. The van der Waals surface area contributed by atoms with Gasteiger partial charge in [0.05, 0.1) is 0 Å². The number of ketones is 6. The van der Waals surface area contributed by atoms with Crippen molar-refractivity contribution in [1.82, 2.24) is 0 Å². The number of hydrogen-bond acceptors (Lipinski definition) is 10. The maximum absolute atomic E-state index is 13.6. The molecular formula is C48H66MgO10. The van der Waals surface area contributed by atoms with Crippen LogP contribution in [0.4, 0.5) is 0 Å². The third-order valence-electron chi connectivity index (χ3n) is 19.4. The van der Waals surface area contributed by atoms with E-state index in [1.54, 1.807) is 0 Å². The van der Waals surface area contributed by atoms with Crippen molar-refractivity contribution in [3.63, 3.8) is 0 Å². The Bertz CT molecular complexity index is 1650. The molecule has 0 heterocycles. The smallest absolute Gasteiger partial charge is 0.550 e. The second kappa shape index (κ2) is 16.8. The van der Waals surface area contributed by atoms with Crippen LogP contribution in [0, 0.1) is 92.7 Å². The molecule has 0 saturated heterocycles. The molecule has 0 unspecified atom stereocenters. The van der Waals surface area contributed by atoms with E-state index >= 15 is 0 Å². The third kappa shape index (κ3) is 7.57. The van der Waals surface area contributed by atoms with Gasteiger partial charge in [-0.05, 0) is 134 Å². The summed E-state index contributed by atoms with van der Waals surface area (Å²) < 4.78 is 0. The Morgan fingerprint density at radius 2 is 0.915 bits per heavy atom. The number of hydrogen-bond donors (Lipinski definition) is 0. The van der Waals surface area contributed by atoms with Crippen LogP contribution in [0.3, 0.4) is 0 Å². The van der Waals surface area contributed by atoms with Gasteiger partial charge in [-0.1, -0.05) is 41.5 Å². The van der Waals surface area contributed by atoms with Gasteiger partial charge in [0.1, 0.15) is 34.7 Å². The van der Waals surface area contributed by atoms with Gasteiger partial charge in [0.2, 0.25) is 0 Å². The molecular weight excluding hydrogens is 761 g/mol. The zero-order chi connectivity index (χ0) is 42.3. The molecule has 11 heteroatoms. The van der Waals surface area contributed by atoms with Gasteiger partial charge < -0.3 is 19.8 Å². The molecule has 0 amide bonds. The van der Waals surface area contributed by atoms with Crippen molar-refractivity contribution < 1.29 is 48.6 Å². The maximum Gasteiger partial charge on any atom is 2.00 e. The van der Waals surface area contributed by atoms with Crippen molar-refractivity contribution in [2.75, 3.05) is 0 Å². The summed E-state index contributed by atoms with van der Waals surface area (Å²) in [5.41, 5.74) is -1.25. The van der Waals surface area contributed by atoms with E-state index in [2.05, 4.69) is 27.7 Å². The molecule has 8 rings (SSSR count). The fourth-order valence-electron chi connectivity index (χ4n) is 15.9. The summed E-state index contributed by atoms with van der Waals surface area (Å²) >= 11 is 0. The average molecular weight is 827 g/mol. The summed E-state index contributed by atoms with van der Waals surface area (Å²) in [6.07, 6.45) is 10.2. The summed E-state index contributed by atoms with van der Waals surface area (Å²) in [6, 6.07) is 0. The average Bonchev–Trinajstić information content (AvgIpc) is 3.70. The Balaban J connectivity index is 0.000000195. The standard InChI is InChI=1S/2C24H34O5.Mg/c2*1-13(4-7-21(28)29)16-5-6-17-22-18(12-20(27)24(16,17)3)23(2)9-8-15(25)10-14(23)11-19(22)26;/h2*13-14,16-18,22H,4-12H2,1-3H3,(H,28,29);/q;;+2/p-2/t2*13-,14+,16-,17+,18+,22+,23+,24-;/m11./s1. The molecule has 0 aromatic rings. The number of rotatable bonds is 8. The van der Waals surface area contributed by atoms with Crippen LogP contribution < -0.4 is 10.2 Å². The molecule has 0 spiro atoms. The second-order valence-corrected chi connectivity index (χ2v) is 21.7. The van der Waals surface area contributed by atoms with Gasteiger partial charge in [0.25, 0.3) is 0 Å². The van der Waals surface area contributed by atoms with Crippen LogP contribution in [0.1, 0.15) is 157 Å². The Morgan fingerprint density at radius 1 is 0.559 bits per heavy atom. The Morgan fingerprint density at radius 3 is 1.25 bits per heavy atom. The minimum absolute atomic E-state index is 0. The van der Waals surface area contributed by atoms with Gasteiger partial charge in [0, 0.05) is 86.0 Å². The minimum atomic E-state index is -1.04. The predicted octanol–water partition coefficient (Wildman–Crippen LogP) is 5.10. The molecule has 0 radical (unpaired) electrons. The van der Waals surface area contributed by atoms with Crippen molar-refractivity contribution in [3.05, 3.63) is 0 Å². The van der Waals surface area contributed by atoms with E-state index in [1.165, 1.54) is 0 Å². The fraction of sp³-hybridized carbons (Fsp3) is 0.833. The van der Waals surface area contributed by atoms with Crippen LogP contribution in [0.25, 0.3) is 0 Å². The van der Waals surface area contributed by atoms with Crippen molar-refractivity contribution in [3.8, 4) is 0 Å². The first-order chi connectivity index (χ1) is 27.2. The van der Waals surface area contributed by atoms with Crippen LogP contribution in [-0.4, -0.2) is 69.7 Å². The normalized spacial score (nSPS) is 44.6. The quantitative estimate of drug-likeness (QED) is 0.299. The van der Waals surface area contributed by atoms with Crippen LogP contribution >= 0.6 is 0 Å². The molecule has 0 aromatic heterocycles. The fourth-order valence-corrected chi connectivity index (χ4v) is 15.9. The SMILES string of the molecule is C[C@H](CCC(=O)[O-])[C@H]1CC[C@H]2[C@@H]3C(=O)C[C@@H]4CC(=O)CC[C@]4(C)[C@H]3CC(=O)[C@]12C.C[C@H](CCC(=O)[O-])[C@H]1CC[C@H]2[C@@H]3C(=O)C[C@@H]4CC(=O)CC[C@]4(C)[C@H]3CC(=O)[C@]12C.[Mg+2].